The van der Waals surface area contributed by atoms with Crippen LogP contribution in [0.5, 0.6) is 0 Å². The van der Waals surface area contributed by atoms with Gasteiger partial charge in [0.1, 0.15) is 0 Å². The van der Waals surface area contributed by atoms with Crippen LogP contribution in [-0.4, -0.2) is 17.6 Å². The molecule has 0 fully saturated rings. The summed E-state index contributed by atoms with van der Waals surface area (Å²) >= 11 is 6.60. The predicted molar refractivity (Wildman–Crippen MR) is 88.6 cm³/mol. The van der Waals surface area contributed by atoms with Crippen LogP contribution in [0.2, 0.25) is 0 Å². The van der Waals surface area contributed by atoms with Gasteiger partial charge in [0.2, 0.25) is 0 Å². The first kappa shape index (κ1) is 14.4. The molecule has 1 amide bonds. The van der Waals surface area contributed by atoms with E-state index in [0.717, 1.165) is 11.3 Å². The van der Waals surface area contributed by atoms with Crippen molar-refractivity contribution in [1.82, 2.24) is 4.67 Å². The van der Waals surface area contributed by atoms with Crippen LogP contribution >= 0.6 is 18.8 Å². The minimum Gasteiger partial charge on any atom is -0.324 e. The number of benzene rings is 2. The number of anilines is 1. The third kappa shape index (κ3) is 2.41. The Morgan fingerprint density at radius 1 is 1.05 bits per heavy atom. The van der Waals surface area contributed by atoms with E-state index in [9.17, 15) is 4.79 Å². The highest BCUT2D eigenvalue weighted by molar-refractivity contribution is 7.83. The largest absolute Gasteiger partial charge is 0.324 e. The van der Waals surface area contributed by atoms with Crippen molar-refractivity contribution < 1.29 is 4.79 Å². The van der Waals surface area contributed by atoms with Gasteiger partial charge in [-0.15, -0.1) is 0 Å². The second-order valence-corrected chi connectivity index (χ2v) is 7.44. The standard InChI is InChI=1S/C16H16ClN2OP/c1-12(13-8-4-3-5-9-13)19-16(20)14-10-6-7-11-15(14)18(2)21(19)17/h3-12H,1-2H3/t12-,21?/m1/s1. The van der Waals surface area contributed by atoms with E-state index in [1.54, 1.807) is 4.67 Å². The zero-order valence-electron chi connectivity index (χ0n) is 11.9. The molecule has 108 valence electrons. The predicted octanol–water partition coefficient (Wildman–Crippen LogP) is 4.81. The van der Waals surface area contributed by atoms with Gasteiger partial charge in [-0.3, -0.25) is 9.46 Å². The molecule has 3 rings (SSSR count). The van der Waals surface area contributed by atoms with Gasteiger partial charge in [-0.05, 0) is 35.9 Å². The number of hydrogen-bond acceptors (Lipinski definition) is 2. The molecule has 1 aliphatic heterocycles. The molecule has 0 aliphatic carbocycles. The minimum atomic E-state index is -1.22. The third-order valence-corrected chi connectivity index (χ3v) is 6.53. The molecule has 2 atom stereocenters. The molecule has 0 spiro atoms. The maximum absolute atomic E-state index is 12.8. The summed E-state index contributed by atoms with van der Waals surface area (Å²) in [5.41, 5.74) is 2.70. The summed E-state index contributed by atoms with van der Waals surface area (Å²) in [6, 6.07) is 17.5. The first-order chi connectivity index (χ1) is 10.1. The Labute approximate surface area is 130 Å². The molecule has 2 aromatic rings. The van der Waals surface area contributed by atoms with E-state index in [2.05, 4.69) is 0 Å². The molecule has 3 nitrogen and oxygen atoms in total. The molecule has 0 N–H and O–H groups in total. The Hall–Kier alpha value is -1.57. The molecule has 1 unspecified atom stereocenters. The van der Waals surface area contributed by atoms with Gasteiger partial charge in [0, 0.05) is 7.05 Å². The molecule has 2 aromatic carbocycles. The van der Waals surface area contributed by atoms with Crippen LogP contribution in [0, 0.1) is 0 Å². The van der Waals surface area contributed by atoms with Crippen molar-refractivity contribution in [1.29, 1.82) is 0 Å². The SMILES string of the molecule is C[C@H](c1ccccc1)N1C(=O)c2ccccc2N(C)P1Cl. The Morgan fingerprint density at radius 2 is 1.67 bits per heavy atom. The van der Waals surface area contributed by atoms with Crippen LogP contribution < -0.4 is 4.67 Å². The summed E-state index contributed by atoms with van der Waals surface area (Å²) in [6.45, 7) is 2.02. The van der Waals surface area contributed by atoms with E-state index in [1.807, 2.05) is 73.2 Å². The van der Waals surface area contributed by atoms with Gasteiger partial charge in [0.15, 0.2) is 7.58 Å². The number of rotatable bonds is 2. The lowest BCUT2D eigenvalue weighted by Crippen LogP contribution is -2.37. The van der Waals surface area contributed by atoms with Gasteiger partial charge in [-0.1, -0.05) is 42.5 Å². The van der Waals surface area contributed by atoms with E-state index in [-0.39, 0.29) is 11.9 Å². The fourth-order valence-corrected chi connectivity index (χ4v) is 4.72. The van der Waals surface area contributed by atoms with Crippen molar-refractivity contribution in [2.24, 2.45) is 0 Å². The second-order valence-electron chi connectivity index (χ2n) is 5.02. The molecule has 1 aliphatic rings. The lowest BCUT2D eigenvalue weighted by molar-refractivity contribution is 0.0831. The smallest absolute Gasteiger partial charge is 0.261 e. The monoisotopic (exact) mass is 318 g/mol. The Bertz CT molecular complexity index is 664. The molecule has 1 heterocycles. The summed E-state index contributed by atoms with van der Waals surface area (Å²) in [4.78, 5) is 12.8. The number of hydrogen-bond donors (Lipinski definition) is 0. The van der Waals surface area contributed by atoms with E-state index in [0.29, 0.717) is 5.56 Å². The second kappa shape index (κ2) is 5.67. The topological polar surface area (TPSA) is 23.6 Å². The number of fused-ring (bicyclic) bond motifs is 1. The molecule has 0 radical (unpaired) electrons. The Morgan fingerprint density at radius 3 is 2.38 bits per heavy atom. The van der Waals surface area contributed by atoms with Crippen molar-refractivity contribution in [3.05, 3.63) is 65.7 Å². The summed E-state index contributed by atoms with van der Waals surface area (Å²) in [5, 5.41) is 0. The third-order valence-electron chi connectivity index (χ3n) is 3.77. The summed E-state index contributed by atoms with van der Waals surface area (Å²) < 4.78 is 3.78. The number of amides is 1. The van der Waals surface area contributed by atoms with Gasteiger partial charge in [0.25, 0.3) is 5.91 Å². The van der Waals surface area contributed by atoms with Crippen molar-refractivity contribution >= 4 is 30.4 Å². The van der Waals surface area contributed by atoms with Gasteiger partial charge in [-0.25, -0.2) is 0 Å². The van der Waals surface area contributed by atoms with Crippen LogP contribution in [-0.2, 0) is 0 Å². The van der Waals surface area contributed by atoms with Crippen molar-refractivity contribution in [3.8, 4) is 0 Å². The Balaban J connectivity index is 2.02. The first-order valence-corrected chi connectivity index (χ1v) is 8.93. The van der Waals surface area contributed by atoms with Crippen LogP contribution in [0.25, 0.3) is 0 Å². The van der Waals surface area contributed by atoms with E-state index >= 15 is 0 Å². The summed E-state index contributed by atoms with van der Waals surface area (Å²) in [6.07, 6.45) is 0. The maximum Gasteiger partial charge on any atom is 0.261 e. The number of carbonyl (C=O) groups is 1. The quantitative estimate of drug-likeness (QED) is 0.742. The van der Waals surface area contributed by atoms with Gasteiger partial charge >= 0.3 is 0 Å². The van der Waals surface area contributed by atoms with Crippen molar-refractivity contribution in [2.75, 3.05) is 11.7 Å². The maximum atomic E-state index is 12.8. The molecule has 0 aromatic heterocycles. The van der Waals surface area contributed by atoms with Gasteiger partial charge in [0.05, 0.1) is 17.3 Å². The molecule has 0 saturated heterocycles. The van der Waals surface area contributed by atoms with Crippen LogP contribution in [0.1, 0.15) is 28.9 Å². The van der Waals surface area contributed by atoms with Crippen LogP contribution in [0.4, 0.5) is 5.69 Å². The van der Waals surface area contributed by atoms with Crippen molar-refractivity contribution in [2.45, 2.75) is 13.0 Å². The first-order valence-electron chi connectivity index (χ1n) is 6.78. The lowest BCUT2D eigenvalue weighted by Gasteiger charge is -2.42. The average molecular weight is 319 g/mol. The number of halogens is 1. The average Bonchev–Trinajstić information content (AvgIpc) is 2.53. The summed E-state index contributed by atoms with van der Waals surface area (Å²) in [7, 11) is 0.723. The minimum absolute atomic E-state index is 0.00108. The zero-order valence-corrected chi connectivity index (χ0v) is 13.6. The highest BCUT2D eigenvalue weighted by atomic mass is 35.7. The lowest BCUT2D eigenvalue weighted by atomic mass is 10.1. The van der Waals surface area contributed by atoms with Gasteiger partial charge in [-0.2, -0.15) is 0 Å². The highest BCUT2D eigenvalue weighted by Gasteiger charge is 2.38. The molecular formula is C16H16ClN2OP. The van der Waals surface area contributed by atoms with Gasteiger partial charge < -0.3 is 4.67 Å². The number of para-hydroxylation sites is 1. The molecule has 0 bridgehead atoms. The molecule has 21 heavy (non-hydrogen) atoms. The van der Waals surface area contributed by atoms with Crippen molar-refractivity contribution in [3.63, 3.8) is 0 Å². The Kier molecular flexibility index (Phi) is 3.88. The fraction of sp³-hybridized carbons (Fsp3) is 0.188. The summed E-state index contributed by atoms with van der Waals surface area (Å²) in [5.74, 6) is 0.00108. The highest BCUT2D eigenvalue weighted by Crippen LogP contribution is 2.58. The van der Waals surface area contributed by atoms with Crippen LogP contribution in [0.3, 0.4) is 0 Å². The number of carbonyl (C=O) groups excluding carboxylic acids is 1. The zero-order chi connectivity index (χ0) is 15.0. The molecule has 5 heteroatoms. The normalized spacial score (nSPS) is 19.4. The molecule has 0 saturated carbocycles. The van der Waals surface area contributed by atoms with Crippen LogP contribution in [0.15, 0.2) is 54.6 Å². The number of nitrogens with zero attached hydrogens (tertiary/aromatic N) is 2. The van der Waals surface area contributed by atoms with E-state index in [1.165, 1.54) is 0 Å². The van der Waals surface area contributed by atoms with E-state index in [4.69, 9.17) is 11.2 Å². The fourth-order valence-electron chi connectivity index (χ4n) is 2.56. The van der Waals surface area contributed by atoms with E-state index < -0.39 is 7.58 Å². The molecular weight excluding hydrogens is 303 g/mol.